The van der Waals surface area contributed by atoms with Gasteiger partial charge in [0.2, 0.25) is 0 Å². The van der Waals surface area contributed by atoms with E-state index in [-0.39, 0.29) is 0 Å². The number of hydrogen-bond donors (Lipinski definition) is 0. The average Bonchev–Trinajstić information content (AvgIpc) is 2.12. The minimum Gasteiger partial charge on any atom is -0.0986 e. The van der Waals surface area contributed by atoms with E-state index in [0.29, 0.717) is 7.92 Å². The van der Waals surface area contributed by atoms with Crippen LogP contribution in [-0.2, 0) is 0 Å². The van der Waals surface area contributed by atoms with E-state index in [1.54, 1.807) is 0 Å². The van der Waals surface area contributed by atoms with Gasteiger partial charge in [-0.3, -0.25) is 0 Å². The van der Waals surface area contributed by atoms with Crippen molar-refractivity contribution in [1.29, 1.82) is 0 Å². The van der Waals surface area contributed by atoms with Crippen molar-refractivity contribution in [3.05, 3.63) is 12.4 Å². The standard InChI is InChI=1S/C4H7P/c1-2-5-3-4-5/h2H,1,3-4H2. The van der Waals surface area contributed by atoms with Gasteiger partial charge in [-0.2, -0.15) is 0 Å². The molecule has 0 aromatic rings. The van der Waals surface area contributed by atoms with Crippen molar-refractivity contribution in [3.63, 3.8) is 0 Å². The lowest BCUT2D eigenvalue weighted by Gasteiger charge is -1.64. The highest BCUT2D eigenvalue weighted by Gasteiger charge is 2.14. The second-order valence-electron chi connectivity index (χ2n) is 1.22. The monoisotopic (exact) mass is 86.0 g/mol. The quantitative estimate of drug-likeness (QED) is 0.425. The maximum atomic E-state index is 3.65. The van der Waals surface area contributed by atoms with E-state index in [1.165, 1.54) is 12.3 Å². The van der Waals surface area contributed by atoms with Gasteiger partial charge < -0.3 is 0 Å². The minimum absolute atomic E-state index is 0.416. The zero-order chi connectivity index (χ0) is 3.70. The molecular formula is C4H7P. The largest absolute Gasteiger partial charge is 0.0986 e. The van der Waals surface area contributed by atoms with Crippen LogP contribution in [0, 0.1) is 0 Å². The summed E-state index contributed by atoms with van der Waals surface area (Å²) in [6.07, 6.45) is 2.91. The third-order valence-corrected chi connectivity index (χ3v) is 2.22. The van der Waals surface area contributed by atoms with E-state index in [1.807, 2.05) is 0 Å². The van der Waals surface area contributed by atoms with E-state index in [4.69, 9.17) is 0 Å². The van der Waals surface area contributed by atoms with E-state index in [2.05, 4.69) is 12.4 Å². The fourth-order valence-corrected chi connectivity index (χ4v) is 1.07. The van der Waals surface area contributed by atoms with Gasteiger partial charge in [-0.1, -0.05) is 20.3 Å². The van der Waals surface area contributed by atoms with E-state index in [9.17, 15) is 0 Å². The highest BCUT2D eigenvalue weighted by Crippen LogP contribution is 2.50. The van der Waals surface area contributed by atoms with Gasteiger partial charge in [-0.15, -0.1) is 0 Å². The summed E-state index contributed by atoms with van der Waals surface area (Å²) in [5, 5.41) is 0. The first-order valence-electron chi connectivity index (χ1n) is 1.80. The summed E-state index contributed by atoms with van der Waals surface area (Å²) in [4.78, 5) is 0. The molecule has 0 amide bonds. The Morgan fingerprint density at radius 3 is 2.20 bits per heavy atom. The molecule has 0 nitrogen and oxygen atoms in total. The molecule has 28 valence electrons. The van der Waals surface area contributed by atoms with Gasteiger partial charge in [0.25, 0.3) is 0 Å². The molecular weight excluding hydrogens is 79.0 g/mol. The molecule has 0 atom stereocenters. The third kappa shape index (κ3) is 0.735. The molecule has 0 radical (unpaired) electrons. The molecule has 1 fully saturated rings. The Labute approximate surface area is 33.6 Å². The van der Waals surface area contributed by atoms with E-state index < -0.39 is 0 Å². The maximum absolute atomic E-state index is 3.65. The van der Waals surface area contributed by atoms with Crippen LogP contribution in [0.25, 0.3) is 0 Å². The van der Waals surface area contributed by atoms with Crippen molar-refractivity contribution in [2.45, 2.75) is 0 Å². The fraction of sp³-hybridized carbons (Fsp3) is 0.500. The molecule has 0 N–H and O–H groups in total. The van der Waals surface area contributed by atoms with Crippen molar-refractivity contribution in [1.82, 2.24) is 0 Å². The Kier molecular flexibility index (Phi) is 0.740. The van der Waals surface area contributed by atoms with Crippen LogP contribution in [-0.4, -0.2) is 12.3 Å². The van der Waals surface area contributed by atoms with Crippen LogP contribution in [0.4, 0.5) is 0 Å². The topological polar surface area (TPSA) is 0 Å². The SMILES string of the molecule is C=CP1CC1. The molecule has 0 unspecified atom stereocenters. The Balaban J connectivity index is 2.21. The van der Waals surface area contributed by atoms with Gasteiger partial charge in [0.15, 0.2) is 0 Å². The first kappa shape index (κ1) is 3.36. The molecule has 0 aromatic carbocycles. The first-order valence-corrected chi connectivity index (χ1v) is 3.58. The molecule has 0 aromatic heterocycles. The minimum atomic E-state index is 0.416. The highest BCUT2D eigenvalue weighted by molar-refractivity contribution is 7.68. The van der Waals surface area contributed by atoms with Crippen LogP contribution in [0.3, 0.4) is 0 Å². The summed E-state index contributed by atoms with van der Waals surface area (Å²) < 4.78 is 0. The van der Waals surface area contributed by atoms with Crippen molar-refractivity contribution in [2.24, 2.45) is 0 Å². The summed E-state index contributed by atoms with van der Waals surface area (Å²) in [7, 11) is 0.416. The zero-order valence-electron chi connectivity index (χ0n) is 3.15. The fourth-order valence-electron chi connectivity index (χ4n) is 0.240. The zero-order valence-corrected chi connectivity index (χ0v) is 4.04. The average molecular weight is 86.1 g/mol. The van der Waals surface area contributed by atoms with E-state index in [0.717, 1.165) is 0 Å². The smallest absolute Gasteiger partial charge is 0.0249 e. The molecule has 1 heterocycles. The van der Waals surface area contributed by atoms with Crippen LogP contribution in [0.2, 0.25) is 0 Å². The van der Waals surface area contributed by atoms with Gasteiger partial charge in [0, 0.05) is 0 Å². The normalized spacial score (nSPS) is 22.4. The van der Waals surface area contributed by atoms with Gasteiger partial charge >= 0.3 is 0 Å². The lowest BCUT2D eigenvalue weighted by Crippen LogP contribution is -1.20. The first-order chi connectivity index (χ1) is 2.43. The maximum Gasteiger partial charge on any atom is -0.0249 e. The number of rotatable bonds is 1. The van der Waals surface area contributed by atoms with E-state index >= 15 is 0 Å². The summed E-state index contributed by atoms with van der Waals surface area (Å²) >= 11 is 0. The second-order valence-corrected chi connectivity index (χ2v) is 3.66. The Morgan fingerprint density at radius 2 is 2.20 bits per heavy atom. The summed E-state index contributed by atoms with van der Waals surface area (Å²) in [6, 6.07) is 0. The predicted molar refractivity (Wildman–Crippen MR) is 26.9 cm³/mol. The third-order valence-electron chi connectivity index (χ3n) is 0.740. The highest BCUT2D eigenvalue weighted by atomic mass is 31.1. The van der Waals surface area contributed by atoms with Crippen molar-refractivity contribution < 1.29 is 0 Å². The molecule has 1 aliphatic rings. The molecule has 0 bridgehead atoms. The lowest BCUT2D eigenvalue weighted by atomic mass is 11.0. The lowest BCUT2D eigenvalue weighted by molar-refractivity contribution is 1.75. The molecule has 0 aliphatic carbocycles. The summed E-state index contributed by atoms with van der Waals surface area (Å²) in [5.74, 6) is 2.09. The second kappa shape index (κ2) is 1.10. The predicted octanol–water partition coefficient (Wildman–Crippen LogP) is 1.63. The summed E-state index contributed by atoms with van der Waals surface area (Å²) in [5.41, 5.74) is 0. The van der Waals surface area contributed by atoms with Gasteiger partial charge in [0.05, 0.1) is 0 Å². The van der Waals surface area contributed by atoms with Crippen LogP contribution in [0.15, 0.2) is 12.4 Å². The van der Waals surface area contributed by atoms with Crippen LogP contribution in [0.1, 0.15) is 0 Å². The van der Waals surface area contributed by atoms with Crippen molar-refractivity contribution in [3.8, 4) is 0 Å². The van der Waals surface area contributed by atoms with Gasteiger partial charge in [0.1, 0.15) is 0 Å². The van der Waals surface area contributed by atoms with Crippen molar-refractivity contribution >= 4 is 7.92 Å². The molecule has 1 aliphatic heterocycles. The molecule has 1 saturated heterocycles. The molecule has 1 heteroatoms. The molecule has 0 saturated carbocycles. The molecule has 0 spiro atoms. The van der Waals surface area contributed by atoms with Crippen molar-refractivity contribution in [2.75, 3.05) is 12.3 Å². The van der Waals surface area contributed by atoms with Gasteiger partial charge in [-0.25, -0.2) is 0 Å². The molecule has 5 heavy (non-hydrogen) atoms. The summed E-state index contributed by atoms with van der Waals surface area (Å²) in [6.45, 7) is 3.65. The van der Waals surface area contributed by atoms with Crippen LogP contribution >= 0.6 is 7.92 Å². The molecule has 1 rings (SSSR count). The van der Waals surface area contributed by atoms with Crippen LogP contribution in [0.5, 0.6) is 0 Å². The Bertz CT molecular complexity index is 45.6. The Hall–Kier alpha value is 0.170. The Morgan fingerprint density at radius 1 is 1.60 bits per heavy atom. The number of hydrogen-bond acceptors (Lipinski definition) is 0. The van der Waals surface area contributed by atoms with Crippen LogP contribution < -0.4 is 0 Å². The van der Waals surface area contributed by atoms with Gasteiger partial charge in [-0.05, 0) is 12.3 Å².